The van der Waals surface area contributed by atoms with Crippen LogP contribution < -0.4 is 0 Å². The van der Waals surface area contributed by atoms with Gasteiger partial charge >= 0.3 is 11.9 Å². The second-order valence-corrected chi connectivity index (χ2v) is 4.01. The van der Waals surface area contributed by atoms with Crippen molar-refractivity contribution in [3.8, 4) is 0 Å². The van der Waals surface area contributed by atoms with E-state index in [0.29, 0.717) is 26.2 Å². The van der Waals surface area contributed by atoms with Crippen molar-refractivity contribution < 1.29 is 34.0 Å². The zero-order valence-electron chi connectivity index (χ0n) is 11.2. The van der Waals surface area contributed by atoms with Gasteiger partial charge in [-0.05, 0) is 12.8 Å². The minimum absolute atomic E-state index is 0.148. The molecule has 0 saturated heterocycles. The molecule has 0 aromatic heterocycles. The molecule has 0 fully saturated rings. The van der Waals surface area contributed by atoms with Crippen LogP contribution in [0.1, 0.15) is 25.7 Å². The minimum atomic E-state index is -1.31. The van der Waals surface area contributed by atoms with E-state index in [4.69, 9.17) is 24.4 Å². The molecule has 0 rings (SSSR count). The molecule has 0 radical (unpaired) electrons. The number of carbonyl (C=O) groups is 2. The van der Waals surface area contributed by atoms with E-state index in [1.54, 1.807) is 7.11 Å². The van der Waals surface area contributed by atoms with E-state index in [1.165, 1.54) is 0 Å². The number of carboxylic acid groups (broad SMARTS) is 2. The molecule has 0 spiro atoms. The molecule has 0 atom stereocenters. The van der Waals surface area contributed by atoms with Gasteiger partial charge in [-0.25, -0.2) is 0 Å². The molecule has 0 saturated carbocycles. The average Bonchev–Trinajstić information content (AvgIpc) is 2.35. The van der Waals surface area contributed by atoms with Crippen molar-refractivity contribution in [1.29, 1.82) is 0 Å². The van der Waals surface area contributed by atoms with E-state index in [1.807, 2.05) is 0 Å². The molecule has 112 valence electrons. The van der Waals surface area contributed by atoms with Crippen LogP contribution in [0.3, 0.4) is 0 Å². The molecular formula is C12H22O7. The van der Waals surface area contributed by atoms with Crippen LogP contribution >= 0.6 is 0 Å². The van der Waals surface area contributed by atoms with Crippen LogP contribution in [0.2, 0.25) is 0 Å². The standard InChI is InChI=1S/C12H22O7/c1-17-7-8-19-9-18-6-4-2-3-5-10(11(13)14)12(15)16/h10H,2-9H2,1H3,(H,13,14)(H,15,16). The Kier molecular flexibility index (Phi) is 11.1. The van der Waals surface area contributed by atoms with Crippen LogP contribution in [0.15, 0.2) is 0 Å². The van der Waals surface area contributed by atoms with Gasteiger partial charge in [0.2, 0.25) is 0 Å². The van der Waals surface area contributed by atoms with Crippen LogP contribution in [-0.2, 0) is 23.8 Å². The molecular weight excluding hydrogens is 256 g/mol. The predicted octanol–water partition coefficient (Wildman–Crippen LogP) is 0.969. The third-order valence-electron chi connectivity index (χ3n) is 2.48. The normalized spacial score (nSPS) is 10.8. The van der Waals surface area contributed by atoms with E-state index >= 15 is 0 Å². The van der Waals surface area contributed by atoms with E-state index < -0.39 is 17.9 Å². The van der Waals surface area contributed by atoms with E-state index in [0.717, 1.165) is 12.8 Å². The average molecular weight is 278 g/mol. The summed E-state index contributed by atoms with van der Waals surface area (Å²) in [6, 6.07) is 0. The lowest BCUT2D eigenvalue weighted by molar-refractivity contribution is -0.154. The summed E-state index contributed by atoms with van der Waals surface area (Å²) in [5, 5.41) is 17.3. The molecule has 0 aliphatic rings. The van der Waals surface area contributed by atoms with Crippen LogP contribution in [0.4, 0.5) is 0 Å². The highest BCUT2D eigenvalue weighted by Gasteiger charge is 2.24. The lowest BCUT2D eigenvalue weighted by Crippen LogP contribution is -2.23. The molecule has 0 aromatic carbocycles. The van der Waals surface area contributed by atoms with Crippen molar-refractivity contribution in [2.75, 3.05) is 33.7 Å². The topological polar surface area (TPSA) is 102 Å². The zero-order chi connectivity index (χ0) is 14.5. The molecule has 0 heterocycles. The summed E-state index contributed by atoms with van der Waals surface area (Å²) in [7, 11) is 1.59. The van der Waals surface area contributed by atoms with Gasteiger partial charge in [-0.3, -0.25) is 9.59 Å². The molecule has 2 N–H and O–H groups in total. The number of unbranched alkanes of at least 4 members (excludes halogenated alkanes) is 2. The summed E-state index contributed by atoms with van der Waals surface area (Å²) in [4.78, 5) is 21.2. The van der Waals surface area contributed by atoms with Gasteiger partial charge < -0.3 is 24.4 Å². The number of methoxy groups -OCH3 is 1. The van der Waals surface area contributed by atoms with E-state index in [9.17, 15) is 9.59 Å². The third kappa shape index (κ3) is 10.4. The maximum absolute atomic E-state index is 10.6. The monoisotopic (exact) mass is 278 g/mol. The van der Waals surface area contributed by atoms with Crippen molar-refractivity contribution in [3.05, 3.63) is 0 Å². The smallest absolute Gasteiger partial charge is 0.317 e. The Bertz CT molecular complexity index is 240. The summed E-state index contributed by atoms with van der Waals surface area (Å²) < 4.78 is 15.0. The number of hydrogen-bond acceptors (Lipinski definition) is 5. The van der Waals surface area contributed by atoms with Gasteiger partial charge in [-0.1, -0.05) is 12.8 Å². The largest absolute Gasteiger partial charge is 0.481 e. The Morgan fingerprint density at radius 3 is 2.16 bits per heavy atom. The second kappa shape index (κ2) is 11.9. The first kappa shape index (κ1) is 17.8. The van der Waals surface area contributed by atoms with Gasteiger partial charge in [0, 0.05) is 13.7 Å². The summed E-state index contributed by atoms with van der Waals surface area (Å²) in [5.74, 6) is -3.87. The summed E-state index contributed by atoms with van der Waals surface area (Å²) in [6.07, 6.45) is 2.18. The van der Waals surface area contributed by atoms with Crippen LogP contribution in [0, 0.1) is 5.92 Å². The van der Waals surface area contributed by atoms with Crippen molar-refractivity contribution in [3.63, 3.8) is 0 Å². The Morgan fingerprint density at radius 2 is 1.58 bits per heavy atom. The quantitative estimate of drug-likeness (QED) is 0.294. The number of aliphatic carboxylic acids is 2. The fraction of sp³-hybridized carbons (Fsp3) is 0.833. The fourth-order valence-corrected chi connectivity index (χ4v) is 1.40. The van der Waals surface area contributed by atoms with Crippen molar-refractivity contribution in [1.82, 2.24) is 0 Å². The minimum Gasteiger partial charge on any atom is -0.481 e. The van der Waals surface area contributed by atoms with E-state index in [-0.39, 0.29) is 13.2 Å². The van der Waals surface area contributed by atoms with Crippen molar-refractivity contribution in [2.24, 2.45) is 5.92 Å². The van der Waals surface area contributed by atoms with Crippen molar-refractivity contribution >= 4 is 11.9 Å². The predicted molar refractivity (Wildman–Crippen MR) is 65.9 cm³/mol. The van der Waals surface area contributed by atoms with Crippen LogP contribution in [0.25, 0.3) is 0 Å². The molecule has 0 amide bonds. The van der Waals surface area contributed by atoms with Gasteiger partial charge in [0.1, 0.15) is 6.79 Å². The lowest BCUT2D eigenvalue weighted by Gasteiger charge is -2.07. The summed E-state index contributed by atoms with van der Waals surface area (Å²) in [5.41, 5.74) is 0. The molecule has 19 heavy (non-hydrogen) atoms. The molecule has 0 bridgehead atoms. The number of hydrogen-bond donors (Lipinski definition) is 2. The van der Waals surface area contributed by atoms with Gasteiger partial charge in [-0.15, -0.1) is 0 Å². The lowest BCUT2D eigenvalue weighted by atomic mass is 10.0. The fourth-order valence-electron chi connectivity index (χ4n) is 1.40. The Hall–Kier alpha value is -1.18. The first-order chi connectivity index (χ1) is 9.09. The molecule has 0 aliphatic heterocycles. The Balaban J connectivity index is 3.35. The molecule has 0 aromatic rings. The molecule has 0 aliphatic carbocycles. The number of ether oxygens (including phenoxy) is 3. The van der Waals surface area contributed by atoms with Gasteiger partial charge in [0.25, 0.3) is 0 Å². The zero-order valence-corrected chi connectivity index (χ0v) is 11.2. The SMILES string of the molecule is COCCOCOCCCCCC(C(=O)O)C(=O)O. The van der Waals surface area contributed by atoms with Gasteiger partial charge in [0.05, 0.1) is 13.2 Å². The summed E-state index contributed by atoms with van der Waals surface area (Å²) in [6.45, 7) is 1.72. The maximum atomic E-state index is 10.6. The first-order valence-corrected chi connectivity index (χ1v) is 6.19. The highest BCUT2D eigenvalue weighted by Crippen LogP contribution is 2.10. The molecule has 7 heteroatoms. The molecule has 0 unspecified atom stereocenters. The van der Waals surface area contributed by atoms with E-state index in [2.05, 4.69) is 0 Å². The second-order valence-electron chi connectivity index (χ2n) is 4.01. The third-order valence-corrected chi connectivity index (χ3v) is 2.48. The highest BCUT2D eigenvalue weighted by molar-refractivity contribution is 5.92. The van der Waals surface area contributed by atoms with Gasteiger partial charge in [-0.2, -0.15) is 0 Å². The van der Waals surface area contributed by atoms with Crippen molar-refractivity contribution in [2.45, 2.75) is 25.7 Å². The van der Waals surface area contributed by atoms with Crippen LogP contribution in [0.5, 0.6) is 0 Å². The Labute approximate surface area is 112 Å². The highest BCUT2D eigenvalue weighted by atomic mass is 16.7. The number of rotatable bonds is 13. The maximum Gasteiger partial charge on any atom is 0.317 e. The molecule has 7 nitrogen and oxygen atoms in total. The van der Waals surface area contributed by atoms with Gasteiger partial charge in [0.15, 0.2) is 5.92 Å². The summed E-state index contributed by atoms with van der Waals surface area (Å²) >= 11 is 0. The Morgan fingerprint density at radius 1 is 0.947 bits per heavy atom. The first-order valence-electron chi connectivity index (χ1n) is 6.19. The number of carboxylic acids is 2. The van der Waals surface area contributed by atoms with Crippen LogP contribution in [-0.4, -0.2) is 55.9 Å².